The second-order valence-corrected chi connectivity index (χ2v) is 8.48. The third kappa shape index (κ3) is 6.07. The van der Waals surface area contributed by atoms with Gasteiger partial charge in [-0.15, -0.1) is 11.3 Å². The van der Waals surface area contributed by atoms with Crippen molar-refractivity contribution >= 4 is 11.3 Å². The number of aromatic nitrogens is 2. The topological polar surface area (TPSA) is 78.5 Å². The van der Waals surface area contributed by atoms with Crippen LogP contribution in [-0.4, -0.2) is 23.3 Å². The summed E-state index contributed by atoms with van der Waals surface area (Å²) in [6.07, 6.45) is 4.56. The van der Waals surface area contributed by atoms with Crippen molar-refractivity contribution in [1.29, 1.82) is 0 Å². The zero-order valence-corrected chi connectivity index (χ0v) is 17.9. The van der Waals surface area contributed by atoms with Gasteiger partial charge in [-0.1, -0.05) is 6.07 Å². The molecule has 1 aromatic carbocycles. The van der Waals surface area contributed by atoms with Gasteiger partial charge >= 0.3 is 13.2 Å². The highest BCUT2D eigenvalue weighted by Crippen LogP contribution is 2.39. The maximum atomic E-state index is 12.9. The lowest BCUT2D eigenvalue weighted by atomic mass is 9.91. The van der Waals surface area contributed by atoms with Gasteiger partial charge in [-0.25, -0.2) is 4.98 Å². The van der Waals surface area contributed by atoms with Gasteiger partial charge in [0.05, 0.1) is 0 Å². The molecule has 0 fully saturated rings. The van der Waals surface area contributed by atoms with E-state index in [0.717, 1.165) is 11.6 Å². The summed E-state index contributed by atoms with van der Waals surface area (Å²) in [4.78, 5) is 4.96. The molecule has 6 nitrogen and oxygen atoms in total. The van der Waals surface area contributed by atoms with Crippen molar-refractivity contribution in [3.05, 3.63) is 75.1 Å². The minimum absolute atomic E-state index is 0.345. The fourth-order valence-electron chi connectivity index (χ4n) is 3.05. The zero-order chi connectivity index (χ0) is 23.5. The Labute approximate surface area is 185 Å². The lowest BCUT2D eigenvalue weighted by Crippen LogP contribution is -2.24. The number of alkyl halides is 4. The Kier molecular flexibility index (Phi) is 7.19. The molecule has 1 atom stereocenters. The van der Waals surface area contributed by atoms with Crippen LogP contribution in [0, 0.1) is 5.21 Å². The minimum Gasteiger partial charge on any atom is -0.619 e. The van der Waals surface area contributed by atoms with Gasteiger partial charge in [-0.3, -0.25) is 0 Å². The van der Waals surface area contributed by atoms with Gasteiger partial charge in [0.2, 0.25) is 0 Å². The molecule has 0 aliphatic carbocycles. The molecule has 0 aliphatic rings. The lowest BCUT2D eigenvalue weighted by molar-refractivity contribution is -0.605. The molecular formula is C21H20F4N2O4S. The zero-order valence-electron chi connectivity index (χ0n) is 17.0. The van der Waals surface area contributed by atoms with Crippen molar-refractivity contribution in [2.45, 2.75) is 45.0 Å². The lowest BCUT2D eigenvalue weighted by Gasteiger charge is -2.19. The molecule has 1 unspecified atom stereocenters. The molecule has 0 saturated carbocycles. The summed E-state index contributed by atoms with van der Waals surface area (Å²) in [6.45, 7) is -3.29. The highest BCUT2D eigenvalue weighted by atomic mass is 32.1. The van der Waals surface area contributed by atoms with Crippen molar-refractivity contribution in [2.75, 3.05) is 0 Å². The van der Waals surface area contributed by atoms with E-state index in [1.165, 1.54) is 35.9 Å². The van der Waals surface area contributed by atoms with Crippen LogP contribution in [0.4, 0.5) is 17.6 Å². The summed E-state index contributed by atoms with van der Waals surface area (Å²) in [6, 6.07) is 7.06. The summed E-state index contributed by atoms with van der Waals surface area (Å²) in [5.41, 5.74) is 0.0596. The average molecular weight is 472 g/mol. The molecule has 2 heterocycles. The molecule has 2 aromatic heterocycles. The smallest absolute Gasteiger partial charge is 0.387 e. The van der Waals surface area contributed by atoms with E-state index < -0.39 is 36.2 Å². The van der Waals surface area contributed by atoms with Crippen LogP contribution < -0.4 is 14.2 Å². The molecule has 0 aliphatic heterocycles. The second kappa shape index (κ2) is 9.70. The van der Waals surface area contributed by atoms with Gasteiger partial charge in [0.1, 0.15) is 10.6 Å². The van der Waals surface area contributed by atoms with Crippen molar-refractivity contribution in [3.8, 4) is 11.5 Å². The highest BCUT2D eigenvalue weighted by Gasteiger charge is 2.26. The van der Waals surface area contributed by atoms with Crippen LogP contribution in [0.1, 0.15) is 40.8 Å². The van der Waals surface area contributed by atoms with E-state index in [1.807, 2.05) is 0 Å². The first kappa shape index (κ1) is 23.7. The molecule has 11 heteroatoms. The molecule has 3 aromatic rings. The number of thiazole rings is 1. The Morgan fingerprint density at radius 2 is 1.69 bits per heavy atom. The number of aliphatic hydroxyl groups is 1. The maximum Gasteiger partial charge on any atom is 0.387 e. The van der Waals surface area contributed by atoms with E-state index in [0.29, 0.717) is 26.6 Å². The van der Waals surface area contributed by atoms with Crippen LogP contribution in [0.15, 0.2) is 48.9 Å². The summed E-state index contributed by atoms with van der Waals surface area (Å²) >= 11 is 1.23. The van der Waals surface area contributed by atoms with Crippen molar-refractivity contribution in [3.63, 3.8) is 0 Å². The quantitative estimate of drug-likeness (QED) is 0.280. The highest BCUT2D eigenvalue weighted by molar-refractivity contribution is 7.11. The molecule has 1 N–H and O–H groups in total. The summed E-state index contributed by atoms with van der Waals surface area (Å²) < 4.78 is 60.4. The predicted octanol–water partition coefficient (Wildman–Crippen LogP) is 4.58. The fraction of sp³-hybridized carbons (Fsp3) is 0.333. The number of ether oxygens (including phenoxy) is 2. The first-order valence-electron chi connectivity index (χ1n) is 9.43. The van der Waals surface area contributed by atoms with Crippen LogP contribution in [0.25, 0.3) is 0 Å². The third-order valence-corrected chi connectivity index (χ3v) is 5.93. The maximum absolute atomic E-state index is 12.9. The summed E-state index contributed by atoms with van der Waals surface area (Å²) in [5.74, 6) is -1.50. The molecule has 0 spiro atoms. The third-order valence-electron chi connectivity index (χ3n) is 4.50. The number of hydrogen-bond donors (Lipinski definition) is 1. The molecular weight excluding hydrogens is 452 g/mol. The second-order valence-electron chi connectivity index (χ2n) is 7.41. The van der Waals surface area contributed by atoms with E-state index in [1.54, 1.807) is 32.2 Å². The van der Waals surface area contributed by atoms with Crippen LogP contribution >= 0.6 is 11.3 Å². The van der Waals surface area contributed by atoms with Gasteiger partial charge < -0.3 is 19.8 Å². The Morgan fingerprint density at radius 1 is 1.06 bits per heavy atom. The van der Waals surface area contributed by atoms with Gasteiger partial charge in [-0.05, 0) is 43.5 Å². The number of benzene rings is 1. The molecule has 32 heavy (non-hydrogen) atoms. The molecule has 0 bridgehead atoms. The first-order valence-corrected chi connectivity index (χ1v) is 10.2. The van der Waals surface area contributed by atoms with Gasteiger partial charge in [0.15, 0.2) is 23.9 Å². The summed E-state index contributed by atoms with van der Waals surface area (Å²) in [5, 5.41) is 22.1. The van der Waals surface area contributed by atoms with E-state index in [2.05, 4.69) is 14.5 Å². The van der Waals surface area contributed by atoms with E-state index >= 15 is 0 Å². The van der Waals surface area contributed by atoms with Crippen LogP contribution in [0.3, 0.4) is 0 Å². The Morgan fingerprint density at radius 3 is 2.25 bits per heavy atom. The molecule has 172 valence electrons. The van der Waals surface area contributed by atoms with Crippen LogP contribution in [0.5, 0.6) is 11.5 Å². The minimum atomic E-state index is -3.24. The Bertz CT molecular complexity index is 1040. The first-order chi connectivity index (χ1) is 15.0. The number of nitrogens with zero attached hydrogens (tertiary/aromatic N) is 2. The van der Waals surface area contributed by atoms with Crippen LogP contribution in [-0.2, 0) is 12.0 Å². The van der Waals surface area contributed by atoms with Crippen LogP contribution in [0.2, 0.25) is 0 Å². The average Bonchev–Trinajstić information content (AvgIpc) is 3.19. The molecule has 0 amide bonds. The van der Waals surface area contributed by atoms with Gasteiger partial charge in [0, 0.05) is 29.1 Å². The summed E-state index contributed by atoms with van der Waals surface area (Å²) in [7, 11) is 0. The number of pyridine rings is 1. The SMILES string of the molecule is CC(C)(O)c1ncc(C(Cc2cc[n+]([O-])cc2)c2ccc(OC(F)F)c(OC(F)F)c2)s1. The Balaban J connectivity index is 2.05. The Hall–Kier alpha value is -2.92. The van der Waals surface area contributed by atoms with Gasteiger partial charge in [0.25, 0.3) is 0 Å². The number of hydrogen-bond acceptors (Lipinski definition) is 6. The molecule has 0 radical (unpaired) electrons. The normalized spacial score (nSPS) is 12.9. The predicted molar refractivity (Wildman–Crippen MR) is 108 cm³/mol. The number of rotatable bonds is 9. The monoisotopic (exact) mass is 472 g/mol. The largest absolute Gasteiger partial charge is 0.619 e. The fourth-order valence-corrected chi connectivity index (χ4v) is 4.10. The van der Waals surface area contributed by atoms with Crippen molar-refractivity contribution < 1.29 is 36.9 Å². The number of halogens is 4. The standard InChI is InChI=1S/C21H20F4N2O4S/c1-21(2,28)18-26-11-17(32-18)14(9-12-5-7-27(29)8-6-12)13-3-4-15(30-19(22)23)16(10-13)31-20(24)25/h3-8,10-11,14,19-20,28H,9H2,1-2H3. The molecule has 3 rings (SSSR count). The van der Waals surface area contributed by atoms with E-state index in [4.69, 9.17) is 0 Å². The molecule has 0 saturated heterocycles. The van der Waals surface area contributed by atoms with Gasteiger partial charge in [-0.2, -0.15) is 22.3 Å². The van der Waals surface area contributed by atoms with E-state index in [9.17, 15) is 27.9 Å². The van der Waals surface area contributed by atoms with E-state index in [-0.39, 0.29) is 0 Å². The van der Waals surface area contributed by atoms with Crippen molar-refractivity contribution in [2.24, 2.45) is 0 Å². The van der Waals surface area contributed by atoms with Crippen molar-refractivity contribution in [1.82, 2.24) is 4.98 Å².